The summed E-state index contributed by atoms with van der Waals surface area (Å²) in [5.41, 5.74) is 0. The fourth-order valence-corrected chi connectivity index (χ4v) is 3.60. The van der Waals surface area contributed by atoms with Gasteiger partial charge < -0.3 is 10.1 Å². The second kappa shape index (κ2) is 8.97. The molecule has 0 bridgehead atoms. The van der Waals surface area contributed by atoms with Gasteiger partial charge in [0, 0.05) is 18.4 Å². The van der Waals surface area contributed by atoms with Crippen LogP contribution in [0.25, 0.3) is 0 Å². The van der Waals surface area contributed by atoms with Gasteiger partial charge in [0.25, 0.3) is 0 Å². The van der Waals surface area contributed by atoms with Crippen LogP contribution in [0.2, 0.25) is 0 Å². The van der Waals surface area contributed by atoms with E-state index in [1.54, 1.807) is 18.6 Å². The molecule has 6 heteroatoms. The van der Waals surface area contributed by atoms with Crippen molar-refractivity contribution in [2.24, 2.45) is 5.92 Å². The van der Waals surface area contributed by atoms with Gasteiger partial charge in [-0.2, -0.15) is 0 Å². The highest BCUT2D eigenvalue weighted by Crippen LogP contribution is 2.19. The maximum atomic E-state index is 12.2. The van der Waals surface area contributed by atoms with Crippen LogP contribution in [0.5, 0.6) is 5.88 Å². The molecule has 1 saturated heterocycles. The van der Waals surface area contributed by atoms with Gasteiger partial charge in [-0.15, -0.1) is 0 Å². The molecule has 2 fully saturated rings. The summed E-state index contributed by atoms with van der Waals surface area (Å²) in [6.45, 7) is 3.15. The third-order valence-corrected chi connectivity index (χ3v) is 5.05. The third kappa shape index (κ3) is 5.44. The summed E-state index contributed by atoms with van der Waals surface area (Å²) in [4.78, 5) is 22.6. The summed E-state index contributed by atoms with van der Waals surface area (Å²) in [5.74, 6) is 1.31. The van der Waals surface area contributed by atoms with E-state index in [0.717, 1.165) is 38.8 Å². The maximum absolute atomic E-state index is 12.2. The lowest BCUT2D eigenvalue weighted by Gasteiger charge is -2.32. The second-order valence-corrected chi connectivity index (χ2v) is 6.98. The Labute approximate surface area is 144 Å². The van der Waals surface area contributed by atoms with Crippen LogP contribution < -0.4 is 10.1 Å². The van der Waals surface area contributed by atoms with Crippen LogP contribution in [0, 0.1) is 5.92 Å². The van der Waals surface area contributed by atoms with E-state index in [1.807, 2.05) is 0 Å². The van der Waals surface area contributed by atoms with Crippen LogP contribution in [0.15, 0.2) is 18.6 Å². The minimum atomic E-state index is 0.191. The molecule has 6 nitrogen and oxygen atoms in total. The predicted octanol–water partition coefficient (Wildman–Crippen LogP) is 2.02. The number of hydrogen-bond acceptors (Lipinski definition) is 5. The zero-order valence-electron chi connectivity index (χ0n) is 14.3. The Hall–Kier alpha value is -1.69. The molecule has 0 aromatic carbocycles. The summed E-state index contributed by atoms with van der Waals surface area (Å²) in [5, 5.41) is 3.20. The molecule has 1 aromatic rings. The number of amides is 1. The van der Waals surface area contributed by atoms with Crippen molar-refractivity contribution in [1.82, 2.24) is 20.2 Å². The molecule has 2 aliphatic rings. The Morgan fingerprint density at radius 2 is 1.96 bits per heavy atom. The van der Waals surface area contributed by atoms with Gasteiger partial charge in [0.2, 0.25) is 11.8 Å². The molecule has 1 N–H and O–H groups in total. The van der Waals surface area contributed by atoms with Gasteiger partial charge in [-0.25, -0.2) is 4.98 Å². The molecule has 1 aromatic heterocycles. The first kappa shape index (κ1) is 17.1. The van der Waals surface area contributed by atoms with E-state index >= 15 is 0 Å². The Balaban J connectivity index is 1.32. The lowest BCUT2D eigenvalue weighted by Crippen LogP contribution is -2.45. The summed E-state index contributed by atoms with van der Waals surface area (Å²) in [6, 6.07) is 0.407. The average molecular weight is 332 g/mol. The molecular weight excluding hydrogens is 304 g/mol. The summed E-state index contributed by atoms with van der Waals surface area (Å²) in [7, 11) is 0. The number of aromatic nitrogens is 2. The van der Waals surface area contributed by atoms with Gasteiger partial charge in [0.15, 0.2) is 0 Å². The third-order valence-electron chi connectivity index (χ3n) is 5.05. The lowest BCUT2D eigenvalue weighted by atomic mass is 9.95. The quantitative estimate of drug-likeness (QED) is 0.863. The fourth-order valence-electron chi connectivity index (χ4n) is 3.60. The number of hydrogen-bond donors (Lipinski definition) is 1. The first-order valence-corrected chi connectivity index (χ1v) is 9.20. The van der Waals surface area contributed by atoms with E-state index < -0.39 is 0 Å². The molecule has 0 radical (unpaired) electrons. The summed E-state index contributed by atoms with van der Waals surface area (Å²) >= 11 is 0. The average Bonchev–Trinajstić information content (AvgIpc) is 2.63. The van der Waals surface area contributed by atoms with Crippen molar-refractivity contribution in [2.75, 3.05) is 26.2 Å². The van der Waals surface area contributed by atoms with Crippen molar-refractivity contribution in [2.45, 2.75) is 51.0 Å². The molecule has 3 rings (SSSR count). The molecule has 1 saturated carbocycles. The number of carbonyl (C=O) groups excluding carboxylic acids is 1. The molecule has 1 aliphatic heterocycles. The predicted molar refractivity (Wildman–Crippen MR) is 91.7 cm³/mol. The number of likely N-dealkylation sites (tertiary alicyclic amines) is 1. The Kier molecular flexibility index (Phi) is 6.41. The number of rotatable bonds is 6. The molecule has 1 amide bonds. The first-order chi connectivity index (χ1) is 11.8. The fraction of sp³-hybridized carbons (Fsp3) is 0.722. The van der Waals surface area contributed by atoms with Gasteiger partial charge in [-0.3, -0.25) is 14.7 Å². The van der Waals surface area contributed by atoms with Gasteiger partial charge in [0.1, 0.15) is 0 Å². The van der Waals surface area contributed by atoms with Crippen LogP contribution in [-0.2, 0) is 4.79 Å². The van der Waals surface area contributed by atoms with E-state index in [-0.39, 0.29) is 5.91 Å². The van der Waals surface area contributed by atoms with Gasteiger partial charge in [0.05, 0.1) is 19.3 Å². The minimum Gasteiger partial charge on any atom is -0.476 e. The van der Waals surface area contributed by atoms with Crippen molar-refractivity contribution in [3.8, 4) is 5.88 Å². The topological polar surface area (TPSA) is 67.4 Å². The van der Waals surface area contributed by atoms with E-state index in [2.05, 4.69) is 20.2 Å². The normalized spacial score (nSPS) is 20.7. The van der Waals surface area contributed by atoms with Crippen molar-refractivity contribution in [1.29, 1.82) is 0 Å². The highest BCUT2D eigenvalue weighted by Gasteiger charge is 2.23. The molecule has 0 unspecified atom stereocenters. The Bertz CT molecular complexity index is 497. The van der Waals surface area contributed by atoms with Crippen molar-refractivity contribution in [3.05, 3.63) is 18.6 Å². The van der Waals surface area contributed by atoms with Crippen LogP contribution in [0.1, 0.15) is 44.9 Å². The molecular formula is C18H28N4O2. The molecule has 0 atom stereocenters. The highest BCUT2D eigenvalue weighted by atomic mass is 16.5. The second-order valence-electron chi connectivity index (χ2n) is 6.98. The maximum Gasteiger partial charge on any atom is 0.234 e. The number of nitrogens with zero attached hydrogens (tertiary/aromatic N) is 3. The largest absolute Gasteiger partial charge is 0.476 e. The molecule has 132 valence electrons. The Morgan fingerprint density at radius 1 is 1.17 bits per heavy atom. The van der Waals surface area contributed by atoms with Crippen molar-refractivity contribution in [3.63, 3.8) is 0 Å². The standard InChI is InChI=1S/C18H28N4O2/c23-17(21-16-4-2-1-3-5-16)13-22-10-6-15(7-11-22)14-24-18-12-19-8-9-20-18/h8-9,12,15-16H,1-7,10-11,13-14H2,(H,21,23). The molecule has 24 heavy (non-hydrogen) atoms. The SMILES string of the molecule is O=C(CN1CCC(COc2cnccn2)CC1)NC1CCCCC1. The molecule has 2 heterocycles. The number of carbonyl (C=O) groups is 1. The van der Waals surface area contributed by atoms with Crippen LogP contribution in [0.3, 0.4) is 0 Å². The first-order valence-electron chi connectivity index (χ1n) is 9.20. The van der Waals surface area contributed by atoms with Crippen LogP contribution in [-0.4, -0.2) is 53.1 Å². The van der Waals surface area contributed by atoms with Crippen LogP contribution >= 0.6 is 0 Å². The zero-order valence-corrected chi connectivity index (χ0v) is 14.3. The van der Waals surface area contributed by atoms with E-state index in [9.17, 15) is 4.79 Å². The van der Waals surface area contributed by atoms with Crippen LogP contribution in [0.4, 0.5) is 0 Å². The minimum absolute atomic E-state index is 0.191. The monoisotopic (exact) mass is 332 g/mol. The van der Waals surface area contributed by atoms with Crippen molar-refractivity contribution >= 4 is 5.91 Å². The summed E-state index contributed by atoms with van der Waals surface area (Å²) < 4.78 is 5.69. The summed E-state index contributed by atoms with van der Waals surface area (Å²) in [6.07, 6.45) is 13.2. The number of piperidine rings is 1. The van der Waals surface area contributed by atoms with E-state index in [4.69, 9.17) is 4.74 Å². The smallest absolute Gasteiger partial charge is 0.234 e. The zero-order chi connectivity index (χ0) is 16.6. The molecule has 1 aliphatic carbocycles. The number of nitrogens with one attached hydrogen (secondary N) is 1. The number of ether oxygens (including phenoxy) is 1. The van der Waals surface area contributed by atoms with E-state index in [0.29, 0.717) is 31.0 Å². The van der Waals surface area contributed by atoms with Gasteiger partial charge in [-0.05, 0) is 44.7 Å². The van der Waals surface area contributed by atoms with Gasteiger partial charge >= 0.3 is 0 Å². The lowest BCUT2D eigenvalue weighted by molar-refractivity contribution is -0.123. The van der Waals surface area contributed by atoms with E-state index in [1.165, 1.54) is 19.3 Å². The Morgan fingerprint density at radius 3 is 2.67 bits per heavy atom. The van der Waals surface area contributed by atoms with Gasteiger partial charge in [-0.1, -0.05) is 19.3 Å². The highest BCUT2D eigenvalue weighted by molar-refractivity contribution is 5.78. The van der Waals surface area contributed by atoms with Crippen molar-refractivity contribution < 1.29 is 9.53 Å². The molecule has 0 spiro atoms.